The second kappa shape index (κ2) is 4.78. The first-order chi connectivity index (χ1) is 7.70. The minimum atomic E-state index is 0.326. The summed E-state index contributed by atoms with van der Waals surface area (Å²) in [6.07, 6.45) is 0. The van der Waals surface area contributed by atoms with E-state index < -0.39 is 0 Å². The fourth-order valence-electron chi connectivity index (χ4n) is 1.80. The van der Waals surface area contributed by atoms with Gasteiger partial charge >= 0.3 is 0 Å². The van der Waals surface area contributed by atoms with Crippen molar-refractivity contribution in [3.8, 4) is 0 Å². The fourth-order valence-corrected chi connectivity index (χ4v) is 2.81. The molecule has 2 rings (SSSR count). The lowest BCUT2D eigenvalue weighted by atomic mass is 10.3. The second-order valence-electron chi connectivity index (χ2n) is 3.84. The van der Waals surface area contributed by atoms with Crippen LogP contribution in [0.2, 0.25) is 0 Å². The van der Waals surface area contributed by atoms with Crippen molar-refractivity contribution in [1.29, 1.82) is 0 Å². The zero-order chi connectivity index (χ0) is 11.5. The van der Waals surface area contributed by atoms with Gasteiger partial charge in [0.2, 0.25) is 5.95 Å². The van der Waals surface area contributed by atoms with Crippen LogP contribution in [-0.2, 0) is 0 Å². The second-order valence-corrected chi connectivity index (χ2v) is 4.99. The number of nitrogens with one attached hydrogen (secondary N) is 1. The highest BCUT2D eigenvalue weighted by molar-refractivity contribution is 7.99. The lowest BCUT2D eigenvalue weighted by Crippen LogP contribution is -2.41. The molecular weight excluding hydrogens is 222 g/mol. The van der Waals surface area contributed by atoms with Gasteiger partial charge in [0.25, 0.3) is 0 Å². The van der Waals surface area contributed by atoms with Crippen molar-refractivity contribution in [3.05, 3.63) is 6.07 Å². The monoisotopic (exact) mass is 239 g/mol. The van der Waals surface area contributed by atoms with Gasteiger partial charge in [0.1, 0.15) is 11.6 Å². The summed E-state index contributed by atoms with van der Waals surface area (Å²) in [6, 6.07) is 2.45. The zero-order valence-corrected chi connectivity index (χ0v) is 10.4. The van der Waals surface area contributed by atoms with E-state index in [1.807, 2.05) is 24.9 Å². The van der Waals surface area contributed by atoms with Crippen LogP contribution in [0.15, 0.2) is 6.07 Å². The summed E-state index contributed by atoms with van der Waals surface area (Å²) in [7, 11) is 1.83. The number of nitrogen functional groups attached to an aromatic ring is 1. The summed E-state index contributed by atoms with van der Waals surface area (Å²) in [5.41, 5.74) is 5.69. The minimum Gasteiger partial charge on any atom is -0.373 e. The number of thioether (sulfide) groups is 1. The topological polar surface area (TPSA) is 67.1 Å². The maximum atomic E-state index is 5.69. The van der Waals surface area contributed by atoms with E-state index in [-0.39, 0.29) is 0 Å². The van der Waals surface area contributed by atoms with Crippen LogP contribution < -0.4 is 16.0 Å². The van der Waals surface area contributed by atoms with Crippen LogP contribution >= 0.6 is 11.8 Å². The Kier molecular flexibility index (Phi) is 3.38. The molecule has 5 nitrogen and oxygen atoms in total. The summed E-state index contributed by atoms with van der Waals surface area (Å²) in [4.78, 5) is 10.7. The Hall–Kier alpha value is -1.17. The summed E-state index contributed by atoms with van der Waals surface area (Å²) >= 11 is 1.98. The normalized spacial score (nSPS) is 20.9. The Morgan fingerprint density at radius 2 is 2.38 bits per heavy atom. The molecule has 1 unspecified atom stereocenters. The Bertz CT molecular complexity index is 370. The van der Waals surface area contributed by atoms with Crippen LogP contribution in [0.5, 0.6) is 0 Å². The van der Waals surface area contributed by atoms with Gasteiger partial charge in [-0.05, 0) is 6.92 Å². The molecule has 88 valence electrons. The molecule has 3 N–H and O–H groups in total. The van der Waals surface area contributed by atoms with Gasteiger partial charge in [-0.25, -0.2) is 0 Å². The van der Waals surface area contributed by atoms with Crippen molar-refractivity contribution < 1.29 is 0 Å². The van der Waals surface area contributed by atoms with E-state index in [9.17, 15) is 0 Å². The summed E-state index contributed by atoms with van der Waals surface area (Å²) in [5, 5.41) is 3.00. The lowest BCUT2D eigenvalue weighted by molar-refractivity contribution is 0.689. The molecule has 16 heavy (non-hydrogen) atoms. The molecule has 2 heterocycles. The molecule has 1 aromatic heterocycles. The number of hydrogen-bond acceptors (Lipinski definition) is 6. The standard InChI is InChI=1S/C10H17N5S/c1-7-6-16-4-3-15(7)9-5-8(12-2)13-10(11)14-9/h5,7H,3-4,6H2,1-2H3,(H3,11,12,13,14). The third-order valence-corrected chi connectivity index (χ3v) is 3.84. The van der Waals surface area contributed by atoms with Crippen LogP contribution in [-0.4, -0.2) is 41.1 Å². The molecule has 6 heteroatoms. The maximum absolute atomic E-state index is 5.69. The van der Waals surface area contributed by atoms with E-state index in [0.29, 0.717) is 12.0 Å². The number of nitrogens with zero attached hydrogens (tertiary/aromatic N) is 3. The summed E-state index contributed by atoms with van der Waals surface area (Å²) in [5.74, 6) is 4.30. The first kappa shape index (κ1) is 11.3. The van der Waals surface area contributed by atoms with Crippen molar-refractivity contribution in [2.45, 2.75) is 13.0 Å². The molecule has 0 bridgehead atoms. The number of aromatic nitrogens is 2. The van der Waals surface area contributed by atoms with Crippen LogP contribution in [0.3, 0.4) is 0 Å². The van der Waals surface area contributed by atoms with E-state index >= 15 is 0 Å². The molecule has 1 aromatic rings. The smallest absolute Gasteiger partial charge is 0.223 e. The first-order valence-corrected chi connectivity index (χ1v) is 6.53. The van der Waals surface area contributed by atoms with E-state index in [1.165, 1.54) is 0 Å². The molecule has 1 aliphatic rings. The van der Waals surface area contributed by atoms with Crippen molar-refractivity contribution in [2.75, 3.05) is 41.0 Å². The lowest BCUT2D eigenvalue weighted by Gasteiger charge is -2.34. The summed E-state index contributed by atoms with van der Waals surface area (Å²) in [6.45, 7) is 3.23. The third kappa shape index (κ3) is 2.32. The van der Waals surface area contributed by atoms with Crippen molar-refractivity contribution >= 4 is 29.3 Å². The number of anilines is 3. The molecule has 0 radical (unpaired) electrons. The SMILES string of the molecule is CNc1cc(N2CCSCC2C)nc(N)n1. The van der Waals surface area contributed by atoms with E-state index in [0.717, 1.165) is 29.7 Å². The van der Waals surface area contributed by atoms with Gasteiger partial charge in [0, 0.05) is 37.2 Å². The highest BCUT2D eigenvalue weighted by atomic mass is 32.2. The Labute approximate surface area is 99.8 Å². The average molecular weight is 239 g/mol. The maximum Gasteiger partial charge on any atom is 0.223 e. The number of rotatable bonds is 2. The zero-order valence-electron chi connectivity index (χ0n) is 9.60. The van der Waals surface area contributed by atoms with E-state index in [1.54, 1.807) is 0 Å². The Morgan fingerprint density at radius 3 is 3.06 bits per heavy atom. The summed E-state index contributed by atoms with van der Waals surface area (Å²) < 4.78 is 0. The van der Waals surface area contributed by atoms with Gasteiger partial charge in [-0.1, -0.05) is 0 Å². The van der Waals surface area contributed by atoms with Crippen LogP contribution in [0.1, 0.15) is 6.92 Å². The molecule has 0 aromatic carbocycles. The predicted molar refractivity (Wildman–Crippen MR) is 70.1 cm³/mol. The third-order valence-electron chi connectivity index (χ3n) is 2.65. The van der Waals surface area contributed by atoms with Gasteiger partial charge in [-0.15, -0.1) is 0 Å². The van der Waals surface area contributed by atoms with Crippen LogP contribution in [0.4, 0.5) is 17.6 Å². The molecule has 0 amide bonds. The van der Waals surface area contributed by atoms with Crippen molar-refractivity contribution in [2.24, 2.45) is 0 Å². The number of hydrogen-bond donors (Lipinski definition) is 2. The Morgan fingerprint density at radius 1 is 1.56 bits per heavy atom. The highest BCUT2D eigenvalue weighted by Gasteiger charge is 2.20. The highest BCUT2D eigenvalue weighted by Crippen LogP contribution is 2.24. The first-order valence-electron chi connectivity index (χ1n) is 5.37. The van der Waals surface area contributed by atoms with Gasteiger partial charge in [-0.3, -0.25) is 0 Å². The van der Waals surface area contributed by atoms with Crippen molar-refractivity contribution in [1.82, 2.24) is 9.97 Å². The molecule has 1 atom stereocenters. The molecule has 1 saturated heterocycles. The Balaban J connectivity index is 2.27. The van der Waals surface area contributed by atoms with Gasteiger partial charge in [0.15, 0.2) is 0 Å². The molecule has 0 spiro atoms. The minimum absolute atomic E-state index is 0.326. The van der Waals surface area contributed by atoms with Crippen molar-refractivity contribution in [3.63, 3.8) is 0 Å². The quantitative estimate of drug-likeness (QED) is 0.804. The van der Waals surface area contributed by atoms with Gasteiger partial charge in [-0.2, -0.15) is 21.7 Å². The molecule has 0 saturated carbocycles. The van der Waals surface area contributed by atoms with E-state index in [4.69, 9.17) is 5.73 Å². The van der Waals surface area contributed by atoms with Crippen LogP contribution in [0.25, 0.3) is 0 Å². The van der Waals surface area contributed by atoms with Gasteiger partial charge < -0.3 is 16.0 Å². The predicted octanol–water partition coefficient (Wildman–Crippen LogP) is 1.04. The molecule has 1 fully saturated rings. The molecular formula is C10H17N5S. The largest absolute Gasteiger partial charge is 0.373 e. The average Bonchev–Trinajstić information content (AvgIpc) is 2.28. The van der Waals surface area contributed by atoms with Crippen LogP contribution in [0, 0.1) is 0 Å². The fraction of sp³-hybridized carbons (Fsp3) is 0.600. The molecule has 1 aliphatic heterocycles. The van der Waals surface area contributed by atoms with E-state index in [2.05, 4.69) is 27.1 Å². The number of nitrogens with two attached hydrogens (primary N) is 1. The molecule has 0 aliphatic carbocycles. The van der Waals surface area contributed by atoms with Gasteiger partial charge in [0.05, 0.1) is 0 Å².